The Morgan fingerprint density at radius 3 is 2.56 bits per heavy atom. The van der Waals surface area contributed by atoms with E-state index >= 15 is 0 Å². The molecule has 0 radical (unpaired) electrons. The van der Waals surface area contributed by atoms with Crippen molar-refractivity contribution in [3.63, 3.8) is 0 Å². The fourth-order valence-corrected chi connectivity index (χ4v) is 2.89. The van der Waals surface area contributed by atoms with Crippen LogP contribution >= 0.6 is 22.6 Å². The summed E-state index contributed by atoms with van der Waals surface area (Å²) in [5.74, 6) is 0.995. The lowest BCUT2D eigenvalue weighted by Gasteiger charge is -2.10. The number of methoxy groups -OCH3 is 2. The molecule has 2 aromatic rings. The van der Waals surface area contributed by atoms with Crippen LogP contribution < -0.4 is 14.8 Å². The number of halogens is 1. The van der Waals surface area contributed by atoms with E-state index in [9.17, 15) is 4.79 Å². The molecule has 0 bridgehead atoms. The minimum Gasteiger partial charge on any atom is -0.493 e. The number of benzene rings is 2. The van der Waals surface area contributed by atoms with Gasteiger partial charge < -0.3 is 19.6 Å². The van der Waals surface area contributed by atoms with Crippen LogP contribution in [0.1, 0.15) is 11.1 Å². The van der Waals surface area contributed by atoms with E-state index in [1.165, 1.54) is 6.21 Å². The van der Waals surface area contributed by atoms with Crippen molar-refractivity contribution in [3.05, 3.63) is 51.1 Å². The van der Waals surface area contributed by atoms with Gasteiger partial charge in [-0.25, -0.2) is 0 Å². The molecule has 0 aliphatic carbocycles. The number of anilines is 1. The number of rotatable bonds is 7. The normalized spacial score (nSPS) is 10.6. The first-order valence-corrected chi connectivity index (χ1v) is 8.54. The largest absolute Gasteiger partial charge is 0.493 e. The summed E-state index contributed by atoms with van der Waals surface area (Å²) in [4.78, 5) is 16.8. The topological polar surface area (TPSA) is 69.2 Å². The molecule has 0 aromatic heterocycles. The summed E-state index contributed by atoms with van der Waals surface area (Å²) in [6.07, 6.45) is 1.52. The number of oxime groups is 1. The van der Waals surface area contributed by atoms with Crippen molar-refractivity contribution in [2.24, 2.45) is 5.16 Å². The third-order valence-corrected chi connectivity index (χ3v) is 4.06. The van der Waals surface area contributed by atoms with Gasteiger partial charge in [-0.2, -0.15) is 0 Å². The van der Waals surface area contributed by atoms with E-state index in [-0.39, 0.29) is 12.5 Å². The van der Waals surface area contributed by atoms with Gasteiger partial charge in [0.25, 0.3) is 5.91 Å². The zero-order chi connectivity index (χ0) is 18.2. The van der Waals surface area contributed by atoms with Gasteiger partial charge in [0.1, 0.15) is 0 Å². The van der Waals surface area contributed by atoms with E-state index in [2.05, 4.69) is 33.1 Å². The van der Waals surface area contributed by atoms with E-state index in [0.29, 0.717) is 11.5 Å². The molecule has 0 heterocycles. The van der Waals surface area contributed by atoms with Crippen LogP contribution in [0, 0.1) is 10.5 Å². The first-order valence-electron chi connectivity index (χ1n) is 7.47. The first kappa shape index (κ1) is 19.0. The van der Waals surface area contributed by atoms with Crippen LogP contribution in [0.5, 0.6) is 11.5 Å². The van der Waals surface area contributed by atoms with Gasteiger partial charge in [-0.1, -0.05) is 22.9 Å². The Morgan fingerprint density at radius 1 is 1.20 bits per heavy atom. The molecule has 1 amide bonds. The second-order valence-electron chi connectivity index (χ2n) is 5.16. The third-order valence-electron chi connectivity index (χ3n) is 3.26. The number of carbonyl (C=O) groups excluding carboxylic acids is 1. The SMILES string of the molecule is COc1cc(/C=N/OCC(=O)Nc2ccc(C)cc2)cc(I)c1OC. The Hall–Kier alpha value is -2.29. The molecule has 0 aliphatic rings. The van der Waals surface area contributed by atoms with Gasteiger partial charge in [0.2, 0.25) is 0 Å². The second-order valence-corrected chi connectivity index (χ2v) is 6.32. The highest BCUT2D eigenvalue weighted by molar-refractivity contribution is 14.1. The maximum Gasteiger partial charge on any atom is 0.265 e. The number of hydrogen-bond donors (Lipinski definition) is 1. The molecule has 0 saturated heterocycles. The lowest BCUT2D eigenvalue weighted by atomic mass is 10.2. The van der Waals surface area contributed by atoms with Crippen molar-refractivity contribution in [1.82, 2.24) is 0 Å². The zero-order valence-corrected chi connectivity index (χ0v) is 16.4. The average Bonchev–Trinajstić information content (AvgIpc) is 2.60. The molecular formula is C18H19IN2O4. The van der Waals surface area contributed by atoms with E-state index in [4.69, 9.17) is 14.3 Å². The number of aryl methyl sites for hydroxylation is 1. The first-order chi connectivity index (χ1) is 12.0. The Balaban J connectivity index is 1.89. The number of nitrogens with zero attached hydrogens (tertiary/aromatic N) is 1. The lowest BCUT2D eigenvalue weighted by Crippen LogP contribution is -2.16. The van der Waals surface area contributed by atoms with Crippen LogP contribution in [0.15, 0.2) is 41.6 Å². The lowest BCUT2D eigenvalue weighted by molar-refractivity contribution is -0.120. The Labute approximate surface area is 160 Å². The number of ether oxygens (including phenoxy) is 2. The molecule has 6 nitrogen and oxygen atoms in total. The summed E-state index contributed by atoms with van der Waals surface area (Å²) < 4.78 is 11.4. The third kappa shape index (κ3) is 5.63. The quantitative estimate of drug-likeness (QED) is 0.395. The molecule has 2 aromatic carbocycles. The van der Waals surface area contributed by atoms with Crippen molar-refractivity contribution in [2.45, 2.75) is 6.92 Å². The molecule has 25 heavy (non-hydrogen) atoms. The fraction of sp³-hybridized carbons (Fsp3) is 0.222. The molecule has 0 saturated carbocycles. The Kier molecular flexibility index (Phi) is 7.05. The van der Waals surface area contributed by atoms with Crippen LogP contribution in [-0.4, -0.2) is 32.9 Å². The summed E-state index contributed by atoms with van der Waals surface area (Å²) in [6, 6.07) is 11.2. The Bertz CT molecular complexity index is 760. The summed E-state index contributed by atoms with van der Waals surface area (Å²) in [5, 5.41) is 6.56. The summed E-state index contributed by atoms with van der Waals surface area (Å²) >= 11 is 2.15. The molecule has 132 valence electrons. The van der Waals surface area contributed by atoms with Crippen molar-refractivity contribution in [2.75, 3.05) is 26.1 Å². The van der Waals surface area contributed by atoms with Gasteiger partial charge in [0.05, 0.1) is 24.0 Å². The van der Waals surface area contributed by atoms with Crippen LogP contribution in [-0.2, 0) is 9.63 Å². The molecular weight excluding hydrogens is 435 g/mol. The molecule has 0 unspecified atom stereocenters. The van der Waals surface area contributed by atoms with E-state index in [1.54, 1.807) is 20.3 Å². The van der Waals surface area contributed by atoms with E-state index < -0.39 is 0 Å². The highest BCUT2D eigenvalue weighted by Gasteiger charge is 2.09. The number of amides is 1. The minimum atomic E-state index is -0.275. The summed E-state index contributed by atoms with van der Waals surface area (Å²) in [7, 11) is 3.16. The van der Waals surface area contributed by atoms with Crippen molar-refractivity contribution in [3.8, 4) is 11.5 Å². The monoisotopic (exact) mass is 454 g/mol. The predicted octanol–water partition coefficient (Wildman–Crippen LogP) is 3.61. The molecule has 7 heteroatoms. The summed E-state index contributed by atoms with van der Waals surface area (Å²) in [6.45, 7) is 1.81. The van der Waals surface area contributed by atoms with Gasteiger partial charge in [0.15, 0.2) is 18.1 Å². The maximum absolute atomic E-state index is 11.8. The molecule has 0 spiro atoms. The highest BCUT2D eigenvalue weighted by atomic mass is 127. The maximum atomic E-state index is 11.8. The molecule has 1 N–H and O–H groups in total. The highest BCUT2D eigenvalue weighted by Crippen LogP contribution is 2.33. The zero-order valence-electron chi connectivity index (χ0n) is 14.2. The van der Waals surface area contributed by atoms with Crippen molar-refractivity contribution < 1.29 is 19.1 Å². The molecule has 0 aliphatic heterocycles. The Morgan fingerprint density at radius 2 is 1.92 bits per heavy atom. The van der Waals surface area contributed by atoms with E-state index in [0.717, 1.165) is 20.4 Å². The predicted molar refractivity (Wildman–Crippen MR) is 106 cm³/mol. The minimum absolute atomic E-state index is 0.172. The number of carbonyl (C=O) groups is 1. The molecule has 0 fully saturated rings. The van der Waals surface area contributed by atoms with Crippen LogP contribution in [0.2, 0.25) is 0 Å². The smallest absolute Gasteiger partial charge is 0.265 e. The van der Waals surface area contributed by atoms with Gasteiger partial charge in [0, 0.05) is 11.3 Å². The van der Waals surface area contributed by atoms with Gasteiger partial charge >= 0.3 is 0 Å². The average molecular weight is 454 g/mol. The standard InChI is InChI=1S/C18H19IN2O4/c1-12-4-6-14(7-5-12)21-17(22)11-25-20-10-13-8-15(19)18(24-3)16(9-13)23-2/h4-10H,11H2,1-3H3,(H,21,22)/b20-10+. The van der Waals surface area contributed by atoms with Crippen molar-refractivity contribution >= 4 is 40.4 Å². The molecule has 0 atom stereocenters. The number of nitrogens with one attached hydrogen (secondary N) is 1. The van der Waals surface area contributed by atoms with Crippen LogP contribution in [0.25, 0.3) is 0 Å². The number of hydrogen-bond acceptors (Lipinski definition) is 5. The second kappa shape index (κ2) is 9.26. The van der Waals surface area contributed by atoms with Crippen LogP contribution in [0.3, 0.4) is 0 Å². The fourth-order valence-electron chi connectivity index (χ4n) is 2.04. The molecule has 2 rings (SSSR count). The van der Waals surface area contributed by atoms with Gasteiger partial charge in [-0.05, 0) is 53.8 Å². The van der Waals surface area contributed by atoms with Gasteiger partial charge in [-0.3, -0.25) is 4.79 Å². The van der Waals surface area contributed by atoms with Gasteiger partial charge in [-0.15, -0.1) is 0 Å². The van der Waals surface area contributed by atoms with Crippen LogP contribution in [0.4, 0.5) is 5.69 Å². The van der Waals surface area contributed by atoms with Crippen molar-refractivity contribution in [1.29, 1.82) is 0 Å². The summed E-state index contributed by atoms with van der Waals surface area (Å²) in [5.41, 5.74) is 2.63. The van der Waals surface area contributed by atoms with E-state index in [1.807, 2.05) is 37.3 Å².